The lowest BCUT2D eigenvalue weighted by atomic mass is 10.2. The summed E-state index contributed by atoms with van der Waals surface area (Å²) in [6.07, 6.45) is -4.18. The molecule has 2 N–H and O–H groups in total. The first-order valence-electron chi connectivity index (χ1n) is 5.49. The van der Waals surface area contributed by atoms with Crippen LogP contribution >= 0.6 is 0 Å². The van der Waals surface area contributed by atoms with Crippen molar-refractivity contribution in [3.8, 4) is 11.5 Å². The van der Waals surface area contributed by atoms with Gasteiger partial charge in [0, 0.05) is 6.08 Å². The predicted molar refractivity (Wildman–Crippen MR) is 66.2 cm³/mol. The van der Waals surface area contributed by atoms with E-state index >= 15 is 0 Å². The van der Waals surface area contributed by atoms with Gasteiger partial charge in [-0.25, -0.2) is 9.59 Å². The van der Waals surface area contributed by atoms with E-state index in [0.717, 1.165) is 24.3 Å². The number of rotatable bonds is 6. The van der Waals surface area contributed by atoms with Crippen LogP contribution in [0.5, 0.6) is 11.5 Å². The van der Waals surface area contributed by atoms with Crippen LogP contribution in [0.25, 0.3) is 0 Å². The van der Waals surface area contributed by atoms with Gasteiger partial charge in [-0.05, 0) is 24.3 Å². The molecular formula is C13H9F3O6. The molecule has 0 aromatic heterocycles. The highest BCUT2D eigenvalue weighted by Gasteiger charge is 2.31. The number of aliphatic carboxylic acids is 2. The number of carbonyl (C=O) groups is 2. The molecule has 118 valence electrons. The van der Waals surface area contributed by atoms with Gasteiger partial charge in [0.25, 0.3) is 0 Å². The molecule has 0 aliphatic rings. The smallest absolute Gasteiger partial charge is 0.478 e. The molecule has 1 rings (SSSR count). The van der Waals surface area contributed by atoms with Crippen LogP contribution in [-0.4, -0.2) is 28.5 Å². The number of alkyl halides is 3. The number of carboxylic acids is 2. The number of halogens is 3. The van der Waals surface area contributed by atoms with Gasteiger partial charge in [-0.1, -0.05) is 6.58 Å². The largest absolute Gasteiger partial charge is 0.573 e. The molecule has 6 nitrogen and oxygen atoms in total. The Morgan fingerprint density at radius 2 is 1.55 bits per heavy atom. The molecule has 9 heteroatoms. The van der Waals surface area contributed by atoms with Gasteiger partial charge in [-0.15, -0.1) is 13.2 Å². The van der Waals surface area contributed by atoms with Crippen molar-refractivity contribution >= 4 is 11.9 Å². The maximum Gasteiger partial charge on any atom is 0.573 e. The summed E-state index contributed by atoms with van der Waals surface area (Å²) in [6.45, 7) is 3.11. The maximum atomic E-state index is 12.0. The molecule has 1 aromatic rings. The summed E-state index contributed by atoms with van der Waals surface area (Å²) in [6, 6.07) is 3.88. The van der Waals surface area contributed by atoms with E-state index < -0.39 is 35.4 Å². The topological polar surface area (TPSA) is 93.1 Å². The molecule has 0 saturated heterocycles. The van der Waals surface area contributed by atoms with Crippen LogP contribution < -0.4 is 9.47 Å². The Balaban J connectivity index is 2.89. The summed E-state index contributed by atoms with van der Waals surface area (Å²) in [5, 5.41) is 17.5. The summed E-state index contributed by atoms with van der Waals surface area (Å²) in [7, 11) is 0. The zero-order valence-electron chi connectivity index (χ0n) is 10.8. The van der Waals surface area contributed by atoms with Gasteiger partial charge in [0.05, 0.1) is 5.57 Å². The Kier molecular flexibility index (Phi) is 5.17. The van der Waals surface area contributed by atoms with Crippen molar-refractivity contribution in [3.05, 3.63) is 48.3 Å². The fourth-order valence-corrected chi connectivity index (χ4v) is 1.19. The van der Waals surface area contributed by atoms with Crippen molar-refractivity contribution in [2.75, 3.05) is 0 Å². The molecule has 0 aliphatic heterocycles. The minimum absolute atomic E-state index is 0.124. The Morgan fingerprint density at radius 1 is 1.05 bits per heavy atom. The molecule has 0 atom stereocenters. The Morgan fingerprint density at radius 3 is 1.95 bits per heavy atom. The molecule has 0 radical (unpaired) electrons. The molecule has 0 heterocycles. The molecule has 0 bridgehead atoms. The zero-order chi connectivity index (χ0) is 16.9. The minimum atomic E-state index is -4.85. The Bertz CT molecular complexity index is 616. The Hall–Kier alpha value is -2.97. The van der Waals surface area contributed by atoms with Crippen LogP contribution in [0.3, 0.4) is 0 Å². The predicted octanol–water partition coefficient (Wildman–Crippen LogP) is 2.57. The van der Waals surface area contributed by atoms with Gasteiger partial charge in [0.2, 0.25) is 5.76 Å². The molecule has 0 fully saturated rings. The lowest BCUT2D eigenvalue weighted by molar-refractivity contribution is -0.274. The van der Waals surface area contributed by atoms with Crippen molar-refractivity contribution in [1.29, 1.82) is 0 Å². The second kappa shape index (κ2) is 6.66. The molecule has 0 unspecified atom stereocenters. The van der Waals surface area contributed by atoms with Crippen LogP contribution in [-0.2, 0) is 9.59 Å². The van der Waals surface area contributed by atoms with Gasteiger partial charge in [0.1, 0.15) is 11.5 Å². The van der Waals surface area contributed by atoms with E-state index in [1.54, 1.807) is 0 Å². The number of hydrogen-bond donors (Lipinski definition) is 2. The van der Waals surface area contributed by atoms with Crippen molar-refractivity contribution < 1.29 is 42.4 Å². The second-order valence-electron chi connectivity index (χ2n) is 3.77. The highest BCUT2D eigenvalue weighted by atomic mass is 19.4. The standard InChI is InChI=1S/C13H9F3O6/c1-7(11(17)18)6-10(12(19)20)21-8-2-4-9(5-3-8)22-13(14,15)16/h2-6H,1H2,(H,17,18)(H,19,20)/b10-6+. The molecule has 0 aliphatic carbocycles. The SMILES string of the molecule is C=C(/C=C(/Oc1ccc(OC(F)(F)F)cc1)C(=O)O)C(=O)O. The quantitative estimate of drug-likeness (QED) is 0.476. The average Bonchev–Trinajstić information content (AvgIpc) is 2.38. The number of benzene rings is 1. The van der Waals surface area contributed by atoms with Gasteiger partial charge in [-0.3, -0.25) is 0 Å². The molecule has 1 aromatic carbocycles. The highest BCUT2D eigenvalue weighted by Crippen LogP contribution is 2.25. The van der Waals surface area contributed by atoms with E-state index in [2.05, 4.69) is 11.3 Å². The third-order valence-corrected chi connectivity index (χ3v) is 2.08. The van der Waals surface area contributed by atoms with Crippen molar-refractivity contribution in [1.82, 2.24) is 0 Å². The van der Waals surface area contributed by atoms with Gasteiger partial charge >= 0.3 is 18.3 Å². The van der Waals surface area contributed by atoms with Crippen LogP contribution in [0.1, 0.15) is 0 Å². The summed E-state index contributed by atoms with van der Waals surface area (Å²) in [5.41, 5.74) is -0.533. The lowest BCUT2D eigenvalue weighted by Crippen LogP contribution is -2.17. The highest BCUT2D eigenvalue weighted by molar-refractivity contribution is 5.93. The summed E-state index contributed by atoms with van der Waals surface area (Å²) in [5.74, 6) is -4.41. The fourth-order valence-electron chi connectivity index (χ4n) is 1.19. The zero-order valence-corrected chi connectivity index (χ0v) is 10.8. The monoisotopic (exact) mass is 318 g/mol. The van der Waals surface area contributed by atoms with E-state index in [4.69, 9.17) is 14.9 Å². The maximum absolute atomic E-state index is 12.0. The van der Waals surface area contributed by atoms with E-state index in [-0.39, 0.29) is 5.75 Å². The van der Waals surface area contributed by atoms with E-state index in [1.165, 1.54) is 0 Å². The number of ether oxygens (including phenoxy) is 2. The molecule has 0 amide bonds. The minimum Gasteiger partial charge on any atom is -0.478 e. The molecular weight excluding hydrogens is 309 g/mol. The molecule has 0 spiro atoms. The molecule has 22 heavy (non-hydrogen) atoms. The summed E-state index contributed by atoms with van der Waals surface area (Å²) < 4.78 is 44.4. The average molecular weight is 318 g/mol. The van der Waals surface area contributed by atoms with Crippen LogP contribution in [0.2, 0.25) is 0 Å². The van der Waals surface area contributed by atoms with Crippen LogP contribution in [0.15, 0.2) is 48.3 Å². The van der Waals surface area contributed by atoms with Gasteiger partial charge in [-0.2, -0.15) is 0 Å². The number of hydrogen-bond acceptors (Lipinski definition) is 4. The number of carboxylic acid groups (broad SMARTS) is 2. The summed E-state index contributed by atoms with van der Waals surface area (Å²) >= 11 is 0. The van der Waals surface area contributed by atoms with E-state index in [1.807, 2.05) is 0 Å². The third kappa shape index (κ3) is 5.57. The fraction of sp³-hybridized carbons (Fsp3) is 0.0769. The van der Waals surface area contributed by atoms with Gasteiger partial charge < -0.3 is 19.7 Å². The first-order valence-corrected chi connectivity index (χ1v) is 5.49. The first-order chi connectivity index (χ1) is 10.1. The van der Waals surface area contributed by atoms with Crippen molar-refractivity contribution in [2.45, 2.75) is 6.36 Å². The van der Waals surface area contributed by atoms with Crippen LogP contribution in [0.4, 0.5) is 13.2 Å². The molecule has 0 saturated carbocycles. The first kappa shape index (κ1) is 17.1. The van der Waals surface area contributed by atoms with Gasteiger partial charge in [0.15, 0.2) is 0 Å². The lowest BCUT2D eigenvalue weighted by Gasteiger charge is -2.10. The summed E-state index contributed by atoms with van der Waals surface area (Å²) in [4.78, 5) is 21.5. The van der Waals surface area contributed by atoms with Crippen molar-refractivity contribution in [3.63, 3.8) is 0 Å². The third-order valence-electron chi connectivity index (χ3n) is 2.08. The normalized spacial score (nSPS) is 11.7. The van der Waals surface area contributed by atoms with E-state index in [9.17, 15) is 22.8 Å². The van der Waals surface area contributed by atoms with Crippen molar-refractivity contribution in [2.24, 2.45) is 0 Å². The van der Waals surface area contributed by atoms with E-state index in [0.29, 0.717) is 6.08 Å². The van der Waals surface area contributed by atoms with Crippen LogP contribution in [0, 0.1) is 0 Å². The second-order valence-corrected chi connectivity index (χ2v) is 3.77. The Labute approximate surface area is 121 Å².